The molecule has 0 heterocycles. The van der Waals surface area contributed by atoms with Gasteiger partial charge in [-0.15, -0.1) is 0 Å². The first-order valence-electron chi connectivity index (χ1n) is 5.28. The van der Waals surface area contributed by atoms with Crippen LogP contribution in [-0.4, -0.2) is 0 Å². The molecule has 0 N–H and O–H groups in total. The van der Waals surface area contributed by atoms with E-state index in [9.17, 15) is 0 Å². The maximum absolute atomic E-state index is 4.19. The van der Waals surface area contributed by atoms with Crippen LogP contribution in [0.1, 0.15) is 32.8 Å². The van der Waals surface area contributed by atoms with E-state index in [1.807, 2.05) is 0 Å². The minimum absolute atomic E-state index is 0.260. The molecule has 0 saturated heterocycles. The molecule has 0 unspecified atom stereocenters. The van der Waals surface area contributed by atoms with Gasteiger partial charge in [-0.1, -0.05) is 63.3 Å². The minimum Gasteiger partial charge on any atom is -0.0990 e. The predicted octanol–water partition coefficient (Wildman–Crippen LogP) is 4.22. The molecule has 0 radical (unpaired) electrons. The number of hydrogen-bond acceptors (Lipinski definition) is 0. The zero-order valence-electron chi connectivity index (χ0n) is 9.51. The van der Waals surface area contributed by atoms with E-state index in [0.29, 0.717) is 0 Å². The van der Waals surface area contributed by atoms with Crippen LogP contribution in [0, 0.1) is 5.41 Å². The molecule has 0 aliphatic carbocycles. The summed E-state index contributed by atoms with van der Waals surface area (Å²) in [5, 5.41) is 0. The van der Waals surface area contributed by atoms with Crippen molar-refractivity contribution >= 4 is 0 Å². The zero-order valence-corrected chi connectivity index (χ0v) is 9.51. The van der Waals surface area contributed by atoms with Crippen LogP contribution in [0.3, 0.4) is 0 Å². The van der Waals surface area contributed by atoms with Gasteiger partial charge in [0.2, 0.25) is 0 Å². The molecule has 0 nitrogen and oxygen atoms in total. The Hall–Kier alpha value is -1.04. The van der Waals surface area contributed by atoms with Crippen molar-refractivity contribution in [1.29, 1.82) is 0 Å². The molecule has 0 saturated carbocycles. The van der Waals surface area contributed by atoms with Crippen molar-refractivity contribution in [2.75, 3.05) is 0 Å². The lowest BCUT2D eigenvalue weighted by atomic mass is 9.80. The van der Waals surface area contributed by atoms with E-state index in [0.717, 1.165) is 12.8 Å². The van der Waals surface area contributed by atoms with E-state index >= 15 is 0 Å². The van der Waals surface area contributed by atoms with Gasteiger partial charge >= 0.3 is 0 Å². The fraction of sp³-hybridized carbons (Fsp3) is 0.429. The monoisotopic (exact) mass is 188 g/mol. The Morgan fingerprint density at radius 2 is 1.79 bits per heavy atom. The first kappa shape index (κ1) is 11.0. The highest BCUT2D eigenvalue weighted by Gasteiger charge is 2.18. The Balaban J connectivity index is 2.67. The van der Waals surface area contributed by atoms with Crippen molar-refractivity contribution in [2.45, 2.75) is 33.6 Å². The molecule has 0 amide bonds. The van der Waals surface area contributed by atoms with Crippen molar-refractivity contribution in [2.24, 2.45) is 5.41 Å². The van der Waals surface area contributed by atoms with Crippen LogP contribution in [0.5, 0.6) is 0 Å². The van der Waals surface area contributed by atoms with E-state index in [1.165, 1.54) is 11.1 Å². The number of allylic oxidation sites excluding steroid dienone is 1. The lowest BCUT2D eigenvalue weighted by molar-refractivity contribution is 0.422. The molecule has 0 aromatic heterocycles. The highest BCUT2D eigenvalue weighted by atomic mass is 14.2. The largest absolute Gasteiger partial charge is 0.0990 e. The smallest absolute Gasteiger partial charge is 0.00645 e. The summed E-state index contributed by atoms with van der Waals surface area (Å²) in [6.07, 6.45) is 2.15. The molecule has 0 fully saturated rings. The topological polar surface area (TPSA) is 0 Å². The lowest BCUT2D eigenvalue weighted by Gasteiger charge is -2.25. The second-order valence-corrected chi connectivity index (χ2v) is 4.50. The van der Waals surface area contributed by atoms with E-state index in [-0.39, 0.29) is 5.41 Å². The normalized spacial score (nSPS) is 11.4. The Bertz CT molecular complexity index is 293. The van der Waals surface area contributed by atoms with Crippen LogP contribution >= 0.6 is 0 Å². The van der Waals surface area contributed by atoms with E-state index < -0.39 is 0 Å². The Labute approximate surface area is 87.7 Å². The molecule has 0 bridgehead atoms. The van der Waals surface area contributed by atoms with Gasteiger partial charge in [-0.25, -0.2) is 0 Å². The second kappa shape index (κ2) is 4.45. The fourth-order valence-electron chi connectivity index (χ4n) is 1.33. The summed E-state index contributed by atoms with van der Waals surface area (Å²) in [5.41, 5.74) is 2.95. The average Bonchev–Trinajstić information content (AvgIpc) is 2.19. The van der Waals surface area contributed by atoms with Gasteiger partial charge in [-0.05, 0) is 23.8 Å². The molecule has 1 aromatic rings. The van der Waals surface area contributed by atoms with Crippen LogP contribution in [0.25, 0.3) is 0 Å². The molecule has 0 heteroatoms. The molecule has 0 atom stereocenters. The molecular formula is C14H20. The Morgan fingerprint density at radius 1 is 1.21 bits per heavy atom. The molecule has 76 valence electrons. The number of rotatable bonds is 4. The van der Waals surface area contributed by atoms with E-state index in [4.69, 9.17) is 0 Å². The first-order valence-corrected chi connectivity index (χ1v) is 5.28. The molecule has 1 rings (SSSR count). The molecular weight excluding hydrogens is 168 g/mol. The maximum Gasteiger partial charge on any atom is -0.00645 e. The van der Waals surface area contributed by atoms with Crippen LogP contribution in [0.15, 0.2) is 42.5 Å². The lowest BCUT2D eigenvalue weighted by Crippen LogP contribution is -2.14. The van der Waals surface area contributed by atoms with Gasteiger partial charge in [-0.2, -0.15) is 0 Å². The first-order chi connectivity index (χ1) is 6.56. The summed E-state index contributed by atoms with van der Waals surface area (Å²) < 4.78 is 0. The van der Waals surface area contributed by atoms with Crippen LogP contribution in [0.4, 0.5) is 0 Å². The van der Waals surface area contributed by atoms with Gasteiger partial charge in [0.15, 0.2) is 0 Å². The van der Waals surface area contributed by atoms with Gasteiger partial charge in [0.1, 0.15) is 0 Å². The highest BCUT2D eigenvalue weighted by molar-refractivity contribution is 5.23. The van der Waals surface area contributed by atoms with Crippen LogP contribution < -0.4 is 0 Å². The van der Waals surface area contributed by atoms with Gasteiger partial charge in [-0.3, -0.25) is 0 Å². The number of hydrogen-bond donors (Lipinski definition) is 0. The van der Waals surface area contributed by atoms with Gasteiger partial charge in [0.05, 0.1) is 0 Å². The van der Waals surface area contributed by atoms with Crippen molar-refractivity contribution in [3.63, 3.8) is 0 Å². The van der Waals surface area contributed by atoms with Gasteiger partial charge < -0.3 is 0 Å². The minimum atomic E-state index is 0.260. The third-order valence-corrected chi connectivity index (χ3v) is 3.10. The van der Waals surface area contributed by atoms with Crippen molar-refractivity contribution in [3.05, 3.63) is 48.0 Å². The molecule has 14 heavy (non-hydrogen) atoms. The van der Waals surface area contributed by atoms with Crippen molar-refractivity contribution in [3.8, 4) is 0 Å². The van der Waals surface area contributed by atoms with E-state index in [2.05, 4.69) is 57.7 Å². The van der Waals surface area contributed by atoms with Crippen LogP contribution in [0.2, 0.25) is 0 Å². The number of benzene rings is 1. The molecule has 0 spiro atoms. The highest BCUT2D eigenvalue weighted by Crippen LogP contribution is 2.30. The molecule has 0 aliphatic heterocycles. The summed E-state index contributed by atoms with van der Waals surface area (Å²) in [6, 6.07) is 10.5. The summed E-state index contributed by atoms with van der Waals surface area (Å²) in [4.78, 5) is 0. The Morgan fingerprint density at radius 3 is 2.29 bits per heavy atom. The zero-order chi connectivity index (χ0) is 10.6. The van der Waals surface area contributed by atoms with Crippen molar-refractivity contribution < 1.29 is 0 Å². The second-order valence-electron chi connectivity index (χ2n) is 4.50. The third-order valence-electron chi connectivity index (χ3n) is 3.10. The SMILES string of the molecule is C=C(Cc1ccccc1)C(C)(C)CC. The standard InChI is InChI=1S/C14H20/c1-5-14(3,4)12(2)11-13-9-7-6-8-10-13/h6-10H,2,5,11H2,1,3-4H3. The van der Waals surface area contributed by atoms with E-state index in [1.54, 1.807) is 0 Å². The fourth-order valence-corrected chi connectivity index (χ4v) is 1.33. The quantitative estimate of drug-likeness (QED) is 0.620. The predicted molar refractivity (Wildman–Crippen MR) is 63.4 cm³/mol. The van der Waals surface area contributed by atoms with Crippen molar-refractivity contribution in [1.82, 2.24) is 0 Å². The third kappa shape index (κ3) is 2.73. The summed E-state index contributed by atoms with van der Waals surface area (Å²) in [7, 11) is 0. The summed E-state index contributed by atoms with van der Waals surface area (Å²) in [6.45, 7) is 10.9. The average molecular weight is 188 g/mol. The Kier molecular flexibility index (Phi) is 3.51. The van der Waals surface area contributed by atoms with Gasteiger partial charge in [0, 0.05) is 0 Å². The van der Waals surface area contributed by atoms with Gasteiger partial charge in [0.25, 0.3) is 0 Å². The summed E-state index contributed by atoms with van der Waals surface area (Å²) in [5.74, 6) is 0. The molecule has 1 aromatic carbocycles. The molecule has 0 aliphatic rings. The maximum atomic E-state index is 4.19. The van der Waals surface area contributed by atoms with Crippen LogP contribution in [-0.2, 0) is 6.42 Å². The summed E-state index contributed by atoms with van der Waals surface area (Å²) >= 11 is 0.